The molecule has 0 aliphatic carbocycles. The van der Waals surface area contributed by atoms with Crippen molar-refractivity contribution in [3.05, 3.63) is 64.2 Å². The summed E-state index contributed by atoms with van der Waals surface area (Å²) < 4.78 is 0. The molecular formula is C22H20N4O5S. The molecule has 2 N–H and O–H groups in total. The molecule has 3 aliphatic heterocycles. The predicted octanol–water partition coefficient (Wildman–Crippen LogP) is 2.27. The maximum absolute atomic E-state index is 13.7. The third-order valence-corrected chi connectivity index (χ3v) is 7.20. The van der Waals surface area contributed by atoms with E-state index in [0.717, 1.165) is 10.7 Å². The maximum atomic E-state index is 13.7. The fourth-order valence-electron chi connectivity index (χ4n) is 5.25. The molecule has 9 nitrogen and oxygen atoms in total. The number of hydrogen-bond acceptors (Lipinski definition) is 7. The highest BCUT2D eigenvalue weighted by molar-refractivity contribution is 7.98. The number of imide groups is 1. The normalized spacial score (nSPS) is 28.2. The first kappa shape index (κ1) is 20.7. The zero-order chi connectivity index (χ0) is 22.6. The molecule has 32 heavy (non-hydrogen) atoms. The topological polar surface area (TPSA) is 122 Å². The molecule has 10 heteroatoms. The third-order valence-electron chi connectivity index (χ3n) is 6.55. The summed E-state index contributed by atoms with van der Waals surface area (Å²) >= 11 is 1.62. The number of carbonyl (C=O) groups is 3. The predicted molar refractivity (Wildman–Crippen MR) is 119 cm³/mol. The first-order valence-electron chi connectivity index (χ1n) is 10.2. The van der Waals surface area contributed by atoms with E-state index < -0.39 is 34.1 Å². The highest BCUT2D eigenvalue weighted by Crippen LogP contribution is 2.54. The Bertz CT molecular complexity index is 1170. The lowest BCUT2D eigenvalue weighted by Crippen LogP contribution is -2.53. The Kier molecular flexibility index (Phi) is 4.79. The number of thioether (sulfide) groups is 1. The number of nitro groups is 1. The number of non-ortho nitro benzene ring substituents is 1. The van der Waals surface area contributed by atoms with Crippen molar-refractivity contribution in [3.63, 3.8) is 0 Å². The molecule has 3 heterocycles. The van der Waals surface area contributed by atoms with E-state index in [0.29, 0.717) is 17.7 Å². The van der Waals surface area contributed by atoms with E-state index in [1.807, 2.05) is 6.26 Å². The molecule has 3 aliphatic rings. The lowest BCUT2D eigenvalue weighted by molar-refractivity contribution is -0.384. The number of hydrogen-bond donors (Lipinski definition) is 2. The first-order chi connectivity index (χ1) is 15.4. The van der Waals surface area contributed by atoms with E-state index in [1.165, 1.54) is 24.3 Å². The van der Waals surface area contributed by atoms with Gasteiger partial charge in [0, 0.05) is 29.4 Å². The van der Waals surface area contributed by atoms with Crippen molar-refractivity contribution < 1.29 is 19.3 Å². The van der Waals surface area contributed by atoms with Gasteiger partial charge >= 0.3 is 0 Å². The van der Waals surface area contributed by atoms with Gasteiger partial charge in [-0.25, -0.2) is 4.90 Å². The Labute approximate surface area is 187 Å². The maximum Gasteiger partial charge on any atom is 0.271 e. The largest absolute Gasteiger partial charge is 0.324 e. The highest BCUT2D eigenvalue weighted by atomic mass is 32.2. The summed E-state index contributed by atoms with van der Waals surface area (Å²) in [6.07, 6.45) is 2.55. The van der Waals surface area contributed by atoms with Crippen LogP contribution in [0.3, 0.4) is 0 Å². The van der Waals surface area contributed by atoms with E-state index in [1.54, 1.807) is 36.0 Å². The summed E-state index contributed by atoms with van der Waals surface area (Å²) in [7, 11) is 0. The van der Waals surface area contributed by atoms with Crippen LogP contribution in [0.1, 0.15) is 12.0 Å². The second kappa shape index (κ2) is 7.42. The van der Waals surface area contributed by atoms with Crippen molar-refractivity contribution in [3.8, 4) is 0 Å². The van der Waals surface area contributed by atoms with E-state index in [2.05, 4.69) is 10.6 Å². The Morgan fingerprint density at radius 1 is 1.12 bits per heavy atom. The van der Waals surface area contributed by atoms with E-state index in [9.17, 15) is 24.5 Å². The summed E-state index contributed by atoms with van der Waals surface area (Å²) in [6, 6.07) is 12.2. The van der Waals surface area contributed by atoms with Gasteiger partial charge in [0.1, 0.15) is 5.54 Å². The number of carbonyl (C=O) groups excluding carboxylic acids is 3. The molecule has 4 atom stereocenters. The third kappa shape index (κ3) is 2.72. The van der Waals surface area contributed by atoms with E-state index in [4.69, 9.17) is 0 Å². The molecule has 164 valence electrons. The molecular weight excluding hydrogens is 432 g/mol. The zero-order valence-electron chi connectivity index (χ0n) is 17.1. The SMILES string of the molecule is CSCC[C@@H]1N[C@]2(C(=O)Nc3ccccc32)[C@@H]2C(=O)N(c3cccc([N+](=O)[O-])c3)C(=O)[C@@H]12. The summed E-state index contributed by atoms with van der Waals surface area (Å²) in [5, 5.41) is 17.5. The average Bonchev–Trinajstić information content (AvgIpc) is 3.37. The number of nitrogens with one attached hydrogen (secondary N) is 2. The van der Waals surface area contributed by atoms with E-state index >= 15 is 0 Å². The van der Waals surface area contributed by atoms with E-state index in [-0.39, 0.29) is 23.3 Å². The van der Waals surface area contributed by atoms with Crippen LogP contribution in [0.25, 0.3) is 0 Å². The van der Waals surface area contributed by atoms with Crippen molar-refractivity contribution in [2.24, 2.45) is 11.8 Å². The number of nitro benzene ring substituents is 1. The fourth-order valence-corrected chi connectivity index (χ4v) is 5.74. The summed E-state index contributed by atoms with van der Waals surface area (Å²) in [5.74, 6) is -2.25. The van der Waals surface area contributed by atoms with Gasteiger partial charge in [-0.15, -0.1) is 0 Å². The number of para-hydroxylation sites is 1. The highest BCUT2D eigenvalue weighted by Gasteiger charge is 2.70. The molecule has 2 fully saturated rings. The summed E-state index contributed by atoms with van der Waals surface area (Å²) in [4.78, 5) is 52.3. The van der Waals surface area contributed by atoms with Gasteiger partial charge in [0.05, 0.1) is 22.4 Å². The number of rotatable bonds is 5. The molecule has 0 aromatic heterocycles. The smallest absolute Gasteiger partial charge is 0.271 e. The molecule has 1 spiro atoms. The Balaban J connectivity index is 1.64. The Hall–Kier alpha value is -3.24. The minimum absolute atomic E-state index is 0.147. The Morgan fingerprint density at radius 3 is 2.66 bits per heavy atom. The second-order valence-electron chi connectivity index (χ2n) is 8.13. The molecule has 0 radical (unpaired) electrons. The van der Waals surface area contributed by atoms with Gasteiger partial charge < -0.3 is 5.32 Å². The molecule has 0 bridgehead atoms. The summed E-state index contributed by atoms with van der Waals surface area (Å²) in [6.45, 7) is 0. The number of nitrogens with zero attached hydrogens (tertiary/aromatic N) is 2. The van der Waals surface area contributed by atoms with Crippen LogP contribution in [0.4, 0.5) is 17.1 Å². The van der Waals surface area contributed by atoms with Crippen molar-refractivity contribution >= 4 is 46.5 Å². The lowest BCUT2D eigenvalue weighted by atomic mass is 9.76. The van der Waals surface area contributed by atoms with Crippen LogP contribution in [-0.2, 0) is 19.9 Å². The van der Waals surface area contributed by atoms with Crippen molar-refractivity contribution in [2.75, 3.05) is 22.2 Å². The number of fused-ring (bicyclic) bond motifs is 4. The minimum Gasteiger partial charge on any atom is -0.324 e. The average molecular weight is 452 g/mol. The number of amides is 3. The number of benzene rings is 2. The monoisotopic (exact) mass is 452 g/mol. The van der Waals surface area contributed by atoms with Crippen LogP contribution in [-0.4, -0.2) is 40.7 Å². The molecule has 0 saturated carbocycles. The van der Waals surface area contributed by atoms with Crippen molar-refractivity contribution in [1.82, 2.24) is 5.32 Å². The molecule has 3 amide bonds. The fraction of sp³-hybridized carbons (Fsp3) is 0.318. The van der Waals surface area contributed by atoms with Gasteiger partial charge in [-0.1, -0.05) is 24.3 Å². The van der Waals surface area contributed by atoms with Gasteiger partial charge in [0.25, 0.3) is 5.69 Å². The van der Waals surface area contributed by atoms with Crippen LogP contribution in [0, 0.1) is 22.0 Å². The summed E-state index contributed by atoms with van der Waals surface area (Å²) in [5.41, 5.74) is -0.158. The molecule has 5 rings (SSSR count). The van der Waals surface area contributed by atoms with Crippen LogP contribution in [0.15, 0.2) is 48.5 Å². The van der Waals surface area contributed by atoms with Gasteiger partial charge in [0.15, 0.2) is 0 Å². The molecule has 2 aromatic rings. The van der Waals surface area contributed by atoms with Gasteiger partial charge in [-0.3, -0.25) is 29.8 Å². The van der Waals surface area contributed by atoms with Crippen molar-refractivity contribution in [2.45, 2.75) is 18.0 Å². The van der Waals surface area contributed by atoms with Gasteiger partial charge in [0.2, 0.25) is 17.7 Å². The van der Waals surface area contributed by atoms with Crippen LogP contribution in [0.2, 0.25) is 0 Å². The first-order valence-corrected chi connectivity index (χ1v) is 11.6. The second-order valence-corrected chi connectivity index (χ2v) is 9.12. The van der Waals surface area contributed by atoms with Crippen LogP contribution >= 0.6 is 11.8 Å². The van der Waals surface area contributed by atoms with Gasteiger partial charge in [-0.05, 0) is 30.6 Å². The Morgan fingerprint density at radius 2 is 1.91 bits per heavy atom. The molecule has 0 unspecified atom stereocenters. The lowest BCUT2D eigenvalue weighted by Gasteiger charge is -2.29. The number of anilines is 2. The van der Waals surface area contributed by atoms with Gasteiger partial charge in [-0.2, -0.15) is 11.8 Å². The standard InChI is InChI=1S/C22H20N4O5S/c1-32-10-9-16-17-18(22(24-16)14-7-2-3-8-15(14)23-21(22)29)20(28)25(19(17)27)12-5-4-6-13(11-12)26(30)31/h2-8,11,16-18,24H,9-10H2,1H3,(H,23,29)/t16-,17-,18-,22-/m0/s1. The van der Waals surface area contributed by atoms with Crippen LogP contribution in [0.5, 0.6) is 0 Å². The molecule has 2 aromatic carbocycles. The van der Waals surface area contributed by atoms with Crippen molar-refractivity contribution in [1.29, 1.82) is 0 Å². The molecule has 2 saturated heterocycles. The minimum atomic E-state index is -1.35. The quantitative estimate of drug-likeness (QED) is 0.405. The van der Waals surface area contributed by atoms with Crippen LogP contribution < -0.4 is 15.5 Å². The zero-order valence-corrected chi connectivity index (χ0v) is 17.9.